The fourth-order valence-electron chi connectivity index (χ4n) is 8.26. The van der Waals surface area contributed by atoms with Crippen molar-refractivity contribution in [2.24, 2.45) is 11.8 Å². The molecule has 8 rings (SSSR count). The zero-order valence-corrected chi connectivity index (χ0v) is 30.1. The van der Waals surface area contributed by atoms with E-state index in [1.807, 2.05) is 24.4 Å². The molecule has 4 fully saturated rings. The number of nitrogens with zero attached hydrogens (tertiary/aromatic N) is 3. The van der Waals surface area contributed by atoms with Crippen molar-refractivity contribution in [2.75, 3.05) is 20.2 Å². The molecule has 2 amide bonds. The molecule has 7 atom stereocenters. The molecule has 4 unspecified atom stereocenters. The predicted octanol–water partition coefficient (Wildman–Crippen LogP) is 7.87. The molecule has 2 bridgehead atoms. The molecule has 3 aromatic rings. The van der Waals surface area contributed by atoms with E-state index < -0.39 is 17.9 Å². The van der Waals surface area contributed by atoms with Gasteiger partial charge in [0.25, 0.3) is 11.8 Å². The average molecular weight is 748 g/mol. The number of halogens is 4. The van der Waals surface area contributed by atoms with Crippen LogP contribution in [0.25, 0.3) is 10.9 Å². The summed E-state index contributed by atoms with van der Waals surface area (Å²) in [4.78, 5) is 36.0. The van der Waals surface area contributed by atoms with Crippen LogP contribution in [0.5, 0.6) is 5.75 Å². The Hall–Kier alpha value is -2.66. The van der Waals surface area contributed by atoms with Crippen molar-refractivity contribution in [1.82, 2.24) is 25.4 Å². The van der Waals surface area contributed by atoms with Gasteiger partial charge >= 0.3 is 0 Å². The zero-order chi connectivity index (χ0) is 33.9. The van der Waals surface area contributed by atoms with Gasteiger partial charge in [-0.2, -0.15) is 0 Å². The minimum Gasteiger partial charge on any atom is -0.497 e. The maximum Gasteiger partial charge on any atom is 0.263 e. The van der Waals surface area contributed by atoms with Gasteiger partial charge in [0.1, 0.15) is 5.75 Å². The maximum atomic E-state index is 13.8. The summed E-state index contributed by atoms with van der Waals surface area (Å²) in [6, 6.07) is 7.20. The number of piperidine rings is 3. The minimum absolute atomic E-state index is 0.00891. The molecule has 5 heterocycles. The molecule has 1 aromatic heterocycles. The molecular weight excluding hydrogens is 712 g/mol. The van der Waals surface area contributed by atoms with Gasteiger partial charge in [0.05, 0.1) is 55.9 Å². The third-order valence-electron chi connectivity index (χ3n) is 10.7. The third kappa shape index (κ3) is 5.74. The first-order chi connectivity index (χ1) is 23.1. The van der Waals surface area contributed by atoms with Gasteiger partial charge in [-0.25, -0.2) is 0 Å². The van der Waals surface area contributed by atoms with E-state index in [1.165, 1.54) is 4.90 Å². The highest BCUT2D eigenvalue weighted by Crippen LogP contribution is 2.46. The van der Waals surface area contributed by atoms with Crippen LogP contribution in [-0.2, 0) is 0 Å². The molecule has 0 radical (unpaired) electrons. The van der Waals surface area contributed by atoms with E-state index in [1.54, 1.807) is 7.11 Å². The van der Waals surface area contributed by atoms with E-state index in [0.29, 0.717) is 29.8 Å². The highest BCUT2D eigenvalue weighted by Gasteiger charge is 2.48. The van der Waals surface area contributed by atoms with E-state index in [4.69, 9.17) is 63.4 Å². The van der Waals surface area contributed by atoms with E-state index in [-0.39, 0.29) is 49.3 Å². The number of carbonyl (C=O) groups is 2. The van der Waals surface area contributed by atoms with E-state index in [2.05, 4.69) is 39.2 Å². The first kappa shape index (κ1) is 33.8. The second-order valence-corrected chi connectivity index (χ2v) is 15.0. The average Bonchev–Trinajstić information content (AvgIpc) is 3.37. The van der Waals surface area contributed by atoms with Gasteiger partial charge in [-0.15, -0.1) is 6.58 Å². The van der Waals surface area contributed by atoms with Crippen molar-refractivity contribution in [3.8, 4) is 5.75 Å². The van der Waals surface area contributed by atoms with Crippen LogP contribution in [-0.4, -0.2) is 70.0 Å². The van der Waals surface area contributed by atoms with E-state index in [9.17, 15) is 9.59 Å². The molecule has 48 heavy (non-hydrogen) atoms. The van der Waals surface area contributed by atoms with Crippen molar-refractivity contribution in [3.63, 3.8) is 0 Å². The second-order valence-electron chi connectivity index (χ2n) is 13.1. The first-order valence-electron chi connectivity index (χ1n) is 16.2. The standard InChI is InChI=1S/C35H35Cl4N5O3S/c1-3-17-16-43-13-11-18(17)14-25(43)32(20-10-12-40-22-9-8-19(47-2)15-21(20)22)42-35(48)41-23-6-4-5-7-24(23)44-33(45)26-27(34(44)46)29(37)31(39)30(38)28(26)36/h3,8-10,12,15,17-18,23-25,32H,1,4-7,11,13-14,16H2,2H3,(H2,41,42,48)/t17?,18?,23-,24-,25?,32-/m0/s1. The minimum atomic E-state index is -0.532. The Morgan fingerprint density at radius 1 is 1.04 bits per heavy atom. The van der Waals surface area contributed by atoms with Gasteiger partial charge in [0.2, 0.25) is 0 Å². The van der Waals surface area contributed by atoms with E-state index in [0.717, 1.165) is 61.0 Å². The number of amides is 2. The fraction of sp³-hybridized carbons (Fsp3) is 0.429. The van der Waals surface area contributed by atoms with Crippen molar-refractivity contribution >= 4 is 86.5 Å². The molecule has 8 nitrogen and oxygen atoms in total. The van der Waals surface area contributed by atoms with Gasteiger partial charge in [0, 0.05) is 30.2 Å². The van der Waals surface area contributed by atoms with Crippen LogP contribution in [0.4, 0.5) is 0 Å². The number of hydrogen-bond donors (Lipinski definition) is 2. The second kappa shape index (κ2) is 13.6. The molecule has 4 aliphatic heterocycles. The number of nitrogens with one attached hydrogen (secondary N) is 2. The molecule has 3 saturated heterocycles. The lowest BCUT2D eigenvalue weighted by Crippen LogP contribution is -2.60. The lowest BCUT2D eigenvalue weighted by Gasteiger charge is -2.52. The third-order valence-corrected chi connectivity index (χ3v) is 12.7. The van der Waals surface area contributed by atoms with Crippen molar-refractivity contribution < 1.29 is 14.3 Å². The number of fused-ring (bicyclic) bond motifs is 5. The van der Waals surface area contributed by atoms with Crippen LogP contribution in [0.15, 0.2) is 43.1 Å². The van der Waals surface area contributed by atoms with Crippen LogP contribution < -0.4 is 15.4 Å². The summed E-state index contributed by atoms with van der Waals surface area (Å²) >= 11 is 31.5. The fourth-order valence-corrected chi connectivity index (χ4v) is 9.55. The molecule has 5 aliphatic rings. The Bertz CT molecular complexity index is 1790. The molecule has 252 valence electrons. The maximum absolute atomic E-state index is 13.8. The number of ether oxygens (including phenoxy) is 1. The van der Waals surface area contributed by atoms with Crippen LogP contribution >= 0.6 is 58.6 Å². The summed E-state index contributed by atoms with van der Waals surface area (Å²) < 4.78 is 5.59. The Kier molecular flexibility index (Phi) is 9.56. The summed E-state index contributed by atoms with van der Waals surface area (Å²) in [5, 5.41) is 8.43. The number of pyridine rings is 1. The number of imide groups is 1. The Balaban J connectivity index is 1.19. The van der Waals surface area contributed by atoms with Gasteiger partial charge in [-0.3, -0.25) is 24.4 Å². The molecule has 2 aromatic carbocycles. The Morgan fingerprint density at radius 3 is 2.40 bits per heavy atom. The van der Waals surface area contributed by atoms with Crippen LogP contribution in [0.1, 0.15) is 70.8 Å². The number of carbonyl (C=O) groups excluding carboxylic acids is 2. The Labute approximate surface area is 305 Å². The van der Waals surface area contributed by atoms with Crippen LogP contribution in [0.3, 0.4) is 0 Å². The van der Waals surface area contributed by atoms with Gasteiger partial charge in [-0.05, 0) is 86.1 Å². The smallest absolute Gasteiger partial charge is 0.263 e. The number of benzene rings is 2. The largest absolute Gasteiger partial charge is 0.497 e. The Morgan fingerprint density at radius 2 is 1.75 bits per heavy atom. The molecule has 1 aliphatic carbocycles. The van der Waals surface area contributed by atoms with Gasteiger partial charge in [0.15, 0.2) is 5.11 Å². The van der Waals surface area contributed by atoms with E-state index >= 15 is 0 Å². The number of aromatic nitrogens is 1. The molecule has 0 spiro atoms. The summed E-state index contributed by atoms with van der Waals surface area (Å²) in [6.45, 7) is 6.07. The summed E-state index contributed by atoms with van der Waals surface area (Å²) in [5.41, 5.74) is 1.93. The lowest BCUT2D eigenvalue weighted by molar-refractivity contribution is 0.00422. The highest BCUT2D eigenvalue weighted by atomic mass is 35.5. The van der Waals surface area contributed by atoms with Crippen LogP contribution in [0, 0.1) is 11.8 Å². The quantitative estimate of drug-likeness (QED) is 0.0832. The first-order valence-corrected chi connectivity index (χ1v) is 18.1. The predicted molar refractivity (Wildman–Crippen MR) is 195 cm³/mol. The summed E-state index contributed by atoms with van der Waals surface area (Å²) in [7, 11) is 1.66. The van der Waals surface area contributed by atoms with Crippen molar-refractivity contribution in [1.29, 1.82) is 0 Å². The molecule has 2 N–H and O–H groups in total. The summed E-state index contributed by atoms with van der Waals surface area (Å²) in [5.74, 6) is 0.696. The summed E-state index contributed by atoms with van der Waals surface area (Å²) in [6.07, 6.45) is 9.14. The molecule has 13 heteroatoms. The monoisotopic (exact) mass is 745 g/mol. The topological polar surface area (TPSA) is 86.8 Å². The number of rotatable bonds is 7. The number of thiocarbonyl (C=S) groups is 1. The SMILES string of the molecule is C=CC1CN2CCC1CC2[C@@H](NC(=S)N[C@H]1CCCC[C@@H]1N1C(=O)c2c(Cl)c(Cl)c(Cl)c(Cl)c2C1=O)c1ccnc2ccc(OC)cc12. The zero-order valence-electron chi connectivity index (χ0n) is 26.3. The highest BCUT2D eigenvalue weighted by molar-refractivity contribution is 7.80. The van der Waals surface area contributed by atoms with Crippen molar-refractivity contribution in [2.45, 2.75) is 62.7 Å². The normalized spacial score (nSPS) is 27.1. The van der Waals surface area contributed by atoms with Crippen molar-refractivity contribution in [3.05, 3.63) is 79.9 Å². The number of hydrogen-bond acceptors (Lipinski definition) is 6. The van der Waals surface area contributed by atoms with Gasteiger partial charge in [-0.1, -0.05) is 65.3 Å². The number of methoxy groups -OCH3 is 1. The lowest BCUT2D eigenvalue weighted by atomic mass is 9.73. The van der Waals surface area contributed by atoms with Gasteiger partial charge < -0.3 is 15.4 Å². The molecule has 1 saturated carbocycles. The molecular formula is C35H35Cl4N5O3S. The van der Waals surface area contributed by atoms with Crippen LogP contribution in [0.2, 0.25) is 20.1 Å².